The van der Waals surface area contributed by atoms with Crippen molar-refractivity contribution < 1.29 is 5.11 Å². The first kappa shape index (κ1) is 10.9. The Balaban J connectivity index is 2.95. The topological polar surface area (TPSA) is 32.3 Å². The first-order valence-corrected chi connectivity index (χ1v) is 5.31. The molecule has 0 aromatic heterocycles. The van der Waals surface area contributed by atoms with Gasteiger partial charge in [-0.1, -0.05) is 12.1 Å². The zero-order valence-electron chi connectivity index (χ0n) is 7.84. The predicted molar refractivity (Wildman–Crippen MR) is 62.8 cm³/mol. The lowest BCUT2D eigenvalue weighted by Gasteiger charge is -2.14. The molecule has 72 valence electrons. The van der Waals surface area contributed by atoms with Crippen molar-refractivity contribution in [2.45, 2.75) is 13.0 Å². The molecular weight excluding hydrogens is 277 g/mol. The van der Waals surface area contributed by atoms with Crippen LogP contribution in [0.3, 0.4) is 0 Å². The molecule has 13 heavy (non-hydrogen) atoms. The summed E-state index contributed by atoms with van der Waals surface area (Å²) in [5.74, 6) is 0. The van der Waals surface area contributed by atoms with Gasteiger partial charge < -0.3 is 10.4 Å². The van der Waals surface area contributed by atoms with E-state index in [4.69, 9.17) is 5.11 Å². The molecule has 2 nitrogen and oxygen atoms in total. The lowest BCUT2D eigenvalue weighted by molar-refractivity contribution is 0.251. The molecule has 0 heterocycles. The van der Waals surface area contributed by atoms with Crippen LogP contribution < -0.4 is 5.32 Å². The summed E-state index contributed by atoms with van der Waals surface area (Å²) >= 11 is 2.31. The summed E-state index contributed by atoms with van der Waals surface area (Å²) in [5.41, 5.74) is 2.41. The monoisotopic (exact) mass is 291 g/mol. The molecule has 0 spiro atoms. The number of hydrogen-bond acceptors (Lipinski definition) is 2. The van der Waals surface area contributed by atoms with Gasteiger partial charge in [-0.15, -0.1) is 0 Å². The standard InChI is InChI=1S/C10H14INO/c1-7-3-4-8(5-9(7)11)10(6-13)12-2/h3-5,10,12-13H,6H2,1-2H3. The summed E-state index contributed by atoms with van der Waals surface area (Å²) < 4.78 is 1.24. The second-order valence-corrected chi connectivity index (χ2v) is 4.19. The smallest absolute Gasteiger partial charge is 0.0626 e. The molecule has 1 unspecified atom stereocenters. The second-order valence-electron chi connectivity index (χ2n) is 3.03. The van der Waals surface area contributed by atoms with Gasteiger partial charge in [0.25, 0.3) is 0 Å². The Morgan fingerprint density at radius 3 is 2.69 bits per heavy atom. The lowest BCUT2D eigenvalue weighted by Crippen LogP contribution is -2.19. The Morgan fingerprint density at radius 1 is 1.54 bits per heavy atom. The van der Waals surface area contributed by atoms with Crippen LogP contribution in [0.25, 0.3) is 0 Å². The summed E-state index contributed by atoms with van der Waals surface area (Å²) in [6, 6.07) is 6.29. The van der Waals surface area contributed by atoms with Crippen molar-refractivity contribution in [2.24, 2.45) is 0 Å². The molecule has 0 bridgehead atoms. The second kappa shape index (κ2) is 4.93. The summed E-state index contributed by atoms with van der Waals surface area (Å²) in [6.07, 6.45) is 0. The fourth-order valence-electron chi connectivity index (χ4n) is 1.19. The molecule has 2 N–H and O–H groups in total. The van der Waals surface area contributed by atoms with E-state index < -0.39 is 0 Å². The highest BCUT2D eigenvalue weighted by atomic mass is 127. The number of rotatable bonds is 3. The molecule has 1 aromatic rings. The van der Waals surface area contributed by atoms with Crippen molar-refractivity contribution in [3.63, 3.8) is 0 Å². The number of likely N-dealkylation sites (N-methyl/N-ethyl adjacent to an activating group) is 1. The van der Waals surface area contributed by atoms with Gasteiger partial charge in [0.15, 0.2) is 0 Å². The van der Waals surface area contributed by atoms with Crippen molar-refractivity contribution in [2.75, 3.05) is 13.7 Å². The van der Waals surface area contributed by atoms with Gasteiger partial charge in [-0.25, -0.2) is 0 Å². The third-order valence-corrected chi connectivity index (χ3v) is 3.29. The molecule has 0 aliphatic carbocycles. The van der Waals surface area contributed by atoms with Crippen LogP contribution in [0.1, 0.15) is 17.2 Å². The van der Waals surface area contributed by atoms with Crippen LogP contribution in [0, 0.1) is 10.5 Å². The average molecular weight is 291 g/mol. The third kappa shape index (κ3) is 2.65. The van der Waals surface area contributed by atoms with E-state index in [9.17, 15) is 0 Å². The highest BCUT2D eigenvalue weighted by Crippen LogP contribution is 2.18. The fourth-order valence-corrected chi connectivity index (χ4v) is 1.73. The van der Waals surface area contributed by atoms with Crippen molar-refractivity contribution in [1.82, 2.24) is 5.32 Å². The van der Waals surface area contributed by atoms with E-state index in [1.807, 2.05) is 7.05 Å². The molecule has 0 radical (unpaired) electrons. The maximum atomic E-state index is 9.07. The van der Waals surface area contributed by atoms with Crippen molar-refractivity contribution >= 4 is 22.6 Å². The molecule has 1 aromatic carbocycles. The SMILES string of the molecule is CNC(CO)c1ccc(C)c(I)c1. The minimum absolute atomic E-state index is 0.0501. The molecule has 1 rings (SSSR count). The van der Waals surface area contributed by atoms with Gasteiger partial charge in [0.1, 0.15) is 0 Å². The minimum atomic E-state index is 0.0501. The maximum absolute atomic E-state index is 9.07. The Morgan fingerprint density at radius 2 is 2.23 bits per heavy atom. The van der Waals surface area contributed by atoms with Gasteiger partial charge in [-0.05, 0) is 53.8 Å². The van der Waals surface area contributed by atoms with Crippen LogP contribution in [0.4, 0.5) is 0 Å². The zero-order chi connectivity index (χ0) is 9.84. The number of aryl methyl sites for hydroxylation is 1. The van der Waals surface area contributed by atoms with E-state index in [0.717, 1.165) is 5.56 Å². The maximum Gasteiger partial charge on any atom is 0.0626 e. The van der Waals surface area contributed by atoms with Crippen molar-refractivity contribution in [3.05, 3.63) is 32.9 Å². The van der Waals surface area contributed by atoms with E-state index in [0.29, 0.717) is 0 Å². The fraction of sp³-hybridized carbons (Fsp3) is 0.400. The first-order chi connectivity index (χ1) is 6.19. The Kier molecular flexibility index (Phi) is 4.15. The van der Waals surface area contributed by atoms with E-state index >= 15 is 0 Å². The van der Waals surface area contributed by atoms with E-state index in [-0.39, 0.29) is 12.6 Å². The minimum Gasteiger partial charge on any atom is -0.394 e. The molecule has 3 heteroatoms. The summed E-state index contributed by atoms with van der Waals surface area (Å²) in [6.45, 7) is 2.22. The van der Waals surface area contributed by atoms with E-state index in [1.165, 1.54) is 9.13 Å². The highest BCUT2D eigenvalue weighted by molar-refractivity contribution is 14.1. The van der Waals surface area contributed by atoms with Gasteiger partial charge in [0.2, 0.25) is 0 Å². The Hall–Kier alpha value is -0.130. The molecule has 0 aliphatic rings. The molecule has 0 saturated heterocycles. The molecule has 0 saturated carbocycles. The molecular formula is C10H14INO. The quantitative estimate of drug-likeness (QED) is 0.833. The number of benzene rings is 1. The van der Waals surface area contributed by atoms with Crippen LogP contribution in [0.5, 0.6) is 0 Å². The molecule has 0 fully saturated rings. The number of aliphatic hydroxyl groups is 1. The zero-order valence-corrected chi connectivity index (χ0v) is 10.00. The molecule has 0 amide bonds. The van der Waals surface area contributed by atoms with Crippen LogP contribution in [0.15, 0.2) is 18.2 Å². The summed E-state index contributed by atoms with van der Waals surface area (Å²) in [5, 5.41) is 12.1. The first-order valence-electron chi connectivity index (χ1n) is 4.23. The van der Waals surface area contributed by atoms with Crippen molar-refractivity contribution in [3.8, 4) is 0 Å². The Bertz CT molecular complexity index is 284. The summed E-state index contributed by atoms with van der Waals surface area (Å²) in [4.78, 5) is 0. The lowest BCUT2D eigenvalue weighted by atomic mass is 10.1. The number of nitrogens with one attached hydrogen (secondary N) is 1. The van der Waals surface area contributed by atoms with E-state index in [2.05, 4.69) is 53.0 Å². The third-order valence-electron chi connectivity index (χ3n) is 2.13. The van der Waals surface area contributed by atoms with Crippen LogP contribution >= 0.6 is 22.6 Å². The Labute approximate surface area is 92.5 Å². The van der Waals surface area contributed by atoms with Crippen LogP contribution in [-0.4, -0.2) is 18.8 Å². The number of aliphatic hydroxyl groups excluding tert-OH is 1. The average Bonchev–Trinajstić information content (AvgIpc) is 2.13. The summed E-state index contributed by atoms with van der Waals surface area (Å²) in [7, 11) is 1.85. The number of hydrogen-bond donors (Lipinski definition) is 2. The molecule has 0 aliphatic heterocycles. The van der Waals surface area contributed by atoms with Crippen LogP contribution in [0.2, 0.25) is 0 Å². The van der Waals surface area contributed by atoms with Crippen molar-refractivity contribution in [1.29, 1.82) is 0 Å². The van der Waals surface area contributed by atoms with E-state index in [1.54, 1.807) is 0 Å². The molecule has 1 atom stereocenters. The van der Waals surface area contributed by atoms with Gasteiger partial charge in [-0.2, -0.15) is 0 Å². The highest BCUT2D eigenvalue weighted by Gasteiger charge is 2.07. The van der Waals surface area contributed by atoms with Crippen LogP contribution in [-0.2, 0) is 0 Å². The number of halogens is 1. The predicted octanol–water partition coefficient (Wildman–Crippen LogP) is 1.85. The van der Waals surface area contributed by atoms with Gasteiger partial charge in [0.05, 0.1) is 12.6 Å². The van der Waals surface area contributed by atoms with Gasteiger partial charge in [0, 0.05) is 3.57 Å². The van der Waals surface area contributed by atoms with Gasteiger partial charge >= 0.3 is 0 Å². The normalized spacial score (nSPS) is 12.9. The van der Waals surface area contributed by atoms with Gasteiger partial charge in [-0.3, -0.25) is 0 Å². The largest absolute Gasteiger partial charge is 0.394 e.